The van der Waals surface area contributed by atoms with Crippen molar-refractivity contribution in [3.63, 3.8) is 0 Å². The lowest BCUT2D eigenvalue weighted by atomic mass is 10.2. The number of fused-ring (bicyclic) bond motifs is 1. The number of hydrogen-bond acceptors (Lipinski definition) is 5. The molecule has 1 saturated heterocycles. The number of urea groups is 1. The Hall–Kier alpha value is -2.97. The lowest BCUT2D eigenvalue weighted by Gasteiger charge is -2.37. The molecule has 7 nitrogen and oxygen atoms in total. The van der Waals surface area contributed by atoms with Crippen LogP contribution < -0.4 is 5.32 Å². The fraction of sp³-hybridized carbons (Fsp3) is 0.389. The van der Waals surface area contributed by atoms with Gasteiger partial charge in [-0.05, 0) is 19.1 Å². The second kappa shape index (κ2) is 6.98. The molecule has 142 valence electrons. The standard InChI is InChI=1S/C18H20F2N6O/c1-12-10-21-17-9-16(22-11-26(12)17)24-2-4-25(5-3-24)18(27)23-15-7-13(19)6-14(20)8-15/h6-9,11-12H,2-5,10H2,1H3,(H,23,27). The first-order valence-corrected chi connectivity index (χ1v) is 8.85. The third kappa shape index (κ3) is 3.62. The number of aliphatic imine (C=N–C) groups is 2. The Kier molecular flexibility index (Phi) is 4.51. The van der Waals surface area contributed by atoms with Gasteiger partial charge in [-0.25, -0.2) is 18.6 Å². The highest BCUT2D eigenvalue weighted by atomic mass is 19.1. The molecule has 0 bridgehead atoms. The maximum atomic E-state index is 13.3. The molecule has 1 aromatic carbocycles. The van der Waals surface area contributed by atoms with Gasteiger partial charge >= 0.3 is 6.03 Å². The molecular formula is C18H20F2N6O. The fourth-order valence-corrected chi connectivity index (χ4v) is 3.33. The van der Waals surface area contributed by atoms with Gasteiger partial charge in [0.15, 0.2) is 0 Å². The number of rotatable bonds is 2. The van der Waals surface area contributed by atoms with Gasteiger partial charge in [-0.1, -0.05) is 0 Å². The molecule has 2 amide bonds. The van der Waals surface area contributed by atoms with Crippen LogP contribution in [0.3, 0.4) is 0 Å². The topological polar surface area (TPSA) is 63.5 Å². The van der Waals surface area contributed by atoms with Crippen molar-refractivity contribution in [2.75, 3.05) is 38.0 Å². The van der Waals surface area contributed by atoms with Crippen LogP contribution in [0.1, 0.15) is 6.92 Å². The Balaban J connectivity index is 1.34. The molecule has 0 aliphatic carbocycles. The molecule has 0 radical (unpaired) electrons. The molecule has 3 heterocycles. The first-order valence-electron chi connectivity index (χ1n) is 8.85. The van der Waals surface area contributed by atoms with Crippen molar-refractivity contribution in [1.29, 1.82) is 0 Å². The van der Waals surface area contributed by atoms with Crippen LogP contribution >= 0.6 is 0 Å². The lowest BCUT2D eigenvalue weighted by molar-refractivity contribution is 0.166. The molecule has 27 heavy (non-hydrogen) atoms. The summed E-state index contributed by atoms with van der Waals surface area (Å²) in [4.78, 5) is 27.1. The average molecular weight is 374 g/mol. The van der Waals surface area contributed by atoms with Crippen molar-refractivity contribution >= 4 is 23.9 Å². The van der Waals surface area contributed by atoms with Gasteiger partial charge in [-0.2, -0.15) is 0 Å². The molecule has 1 unspecified atom stereocenters. The number of carbonyl (C=O) groups is 1. The normalized spacial score (nSPS) is 21.7. The summed E-state index contributed by atoms with van der Waals surface area (Å²) in [5.74, 6) is 0.304. The van der Waals surface area contributed by atoms with E-state index in [4.69, 9.17) is 0 Å². The van der Waals surface area contributed by atoms with Crippen molar-refractivity contribution in [3.05, 3.63) is 41.7 Å². The highest BCUT2D eigenvalue weighted by Crippen LogP contribution is 2.20. The van der Waals surface area contributed by atoms with Crippen LogP contribution in [0.2, 0.25) is 0 Å². The van der Waals surface area contributed by atoms with Crippen molar-refractivity contribution in [1.82, 2.24) is 14.7 Å². The van der Waals surface area contributed by atoms with E-state index in [0.717, 1.165) is 36.4 Å². The second-order valence-electron chi connectivity index (χ2n) is 6.76. The minimum atomic E-state index is -0.726. The number of anilines is 1. The zero-order valence-electron chi connectivity index (χ0n) is 14.9. The largest absolute Gasteiger partial charge is 0.353 e. The maximum absolute atomic E-state index is 13.3. The van der Waals surface area contributed by atoms with E-state index in [9.17, 15) is 13.6 Å². The second-order valence-corrected chi connectivity index (χ2v) is 6.76. The van der Waals surface area contributed by atoms with E-state index >= 15 is 0 Å². The summed E-state index contributed by atoms with van der Waals surface area (Å²) in [6, 6.07) is 2.90. The quantitative estimate of drug-likeness (QED) is 0.862. The van der Waals surface area contributed by atoms with Crippen LogP contribution in [-0.2, 0) is 0 Å². The van der Waals surface area contributed by atoms with Crippen LogP contribution in [0.5, 0.6) is 0 Å². The molecule has 3 aliphatic heterocycles. The number of amides is 2. The van der Waals surface area contributed by atoms with E-state index in [0.29, 0.717) is 32.2 Å². The van der Waals surface area contributed by atoms with Crippen LogP contribution in [0.25, 0.3) is 0 Å². The molecule has 1 N–H and O–H groups in total. The molecule has 1 aromatic rings. The fourth-order valence-electron chi connectivity index (χ4n) is 3.33. The molecule has 4 rings (SSSR count). The zero-order valence-corrected chi connectivity index (χ0v) is 14.9. The molecule has 1 fully saturated rings. The molecule has 0 saturated carbocycles. The zero-order chi connectivity index (χ0) is 19.0. The van der Waals surface area contributed by atoms with Gasteiger partial charge in [0.2, 0.25) is 0 Å². The predicted octanol–water partition coefficient (Wildman–Crippen LogP) is 2.10. The van der Waals surface area contributed by atoms with Crippen LogP contribution in [-0.4, -0.2) is 71.7 Å². The number of piperazine rings is 1. The summed E-state index contributed by atoms with van der Waals surface area (Å²) in [5.41, 5.74) is 0.105. The third-order valence-corrected chi connectivity index (χ3v) is 4.83. The van der Waals surface area contributed by atoms with E-state index in [-0.39, 0.29) is 11.7 Å². The molecule has 0 spiro atoms. The van der Waals surface area contributed by atoms with Gasteiger partial charge in [0.05, 0.1) is 18.9 Å². The SMILES string of the molecule is CC1CN=C2C=C(N3CCN(C(=O)Nc4cc(F)cc(F)c4)CC3)N=CN21. The Morgan fingerprint density at radius 1 is 1.15 bits per heavy atom. The first kappa shape index (κ1) is 17.4. The Morgan fingerprint density at radius 3 is 2.56 bits per heavy atom. The van der Waals surface area contributed by atoms with Crippen molar-refractivity contribution < 1.29 is 13.6 Å². The lowest BCUT2D eigenvalue weighted by Crippen LogP contribution is -2.50. The molecular weight excluding hydrogens is 354 g/mol. The van der Waals surface area contributed by atoms with Gasteiger partial charge in [-0.3, -0.25) is 4.99 Å². The smallest absolute Gasteiger partial charge is 0.321 e. The summed E-state index contributed by atoms with van der Waals surface area (Å²) in [7, 11) is 0. The number of hydrogen-bond donors (Lipinski definition) is 1. The van der Waals surface area contributed by atoms with E-state index in [2.05, 4.69) is 27.1 Å². The van der Waals surface area contributed by atoms with Crippen LogP contribution in [0, 0.1) is 11.6 Å². The minimum Gasteiger partial charge on any atom is -0.353 e. The van der Waals surface area contributed by atoms with E-state index in [1.54, 1.807) is 4.90 Å². The summed E-state index contributed by atoms with van der Waals surface area (Å²) in [6.45, 7) is 5.09. The Labute approximate surface area is 155 Å². The summed E-state index contributed by atoms with van der Waals surface area (Å²) in [5, 5.41) is 2.54. The summed E-state index contributed by atoms with van der Waals surface area (Å²) in [6.07, 6.45) is 3.78. The number of carbonyl (C=O) groups excluding carboxylic acids is 1. The average Bonchev–Trinajstić information content (AvgIpc) is 3.01. The molecule has 3 aliphatic rings. The minimum absolute atomic E-state index is 0.105. The summed E-state index contributed by atoms with van der Waals surface area (Å²) < 4.78 is 26.5. The number of nitrogens with zero attached hydrogens (tertiary/aromatic N) is 5. The number of nitrogens with one attached hydrogen (secondary N) is 1. The highest BCUT2D eigenvalue weighted by Gasteiger charge is 2.28. The van der Waals surface area contributed by atoms with Gasteiger partial charge in [0.1, 0.15) is 23.3 Å². The van der Waals surface area contributed by atoms with E-state index in [1.807, 2.05) is 17.3 Å². The Bertz CT molecular complexity index is 824. The number of benzene rings is 1. The number of amidine groups is 1. The van der Waals surface area contributed by atoms with Crippen molar-refractivity contribution in [2.24, 2.45) is 9.98 Å². The van der Waals surface area contributed by atoms with Crippen LogP contribution in [0.4, 0.5) is 19.3 Å². The van der Waals surface area contributed by atoms with Gasteiger partial charge in [-0.15, -0.1) is 0 Å². The predicted molar refractivity (Wildman–Crippen MR) is 98.7 cm³/mol. The Morgan fingerprint density at radius 2 is 1.85 bits per heavy atom. The van der Waals surface area contributed by atoms with Gasteiger partial charge < -0.3 is 20.0 Å². The first-order chi connectivity index (χ1) is 13.0. The van der Waals surface area contributed by atoms with Crippen molar-refractivity contribution in [3.8, 4) is 0 Å². The molecule has 1 atom stereocenters. The van der Waals surface area contributed by atoms with E-state index in [1.165, 1.54) is 0 Å². The molecule has 0 aromatic heterocycles. The maximum Gasteiger partial charge on any atom is 0.321 e. The van der Waals surface area contributed by atoms with Crippen LogP contribution in [0.15, 0.2) is 40.1 Å². The highest BCUT2D eigenvalue weighted by molar-refractivity contribution is 6.03. The van der Waals surface area contributed by atoms with Gasteiger partial charge in [0.25, 0.3) is 0 Å². The summed E-state index contributed by atoms with van der Waals surface area (Å²) >= 11 is 0. The van der Waals surface area contributed by atoms with E-state index < -0.39 is 11.6 Å². The van der Waals surface area contributed by atoms with Gasteiger partial charge in [0, 0.05) is 44.0 Å². The third-order valence-electron chi connectivity index (χ3n) is 4.83. The molecule has 9 heteroatoms. The monoisotopic (exact) mass is 374 g/mol. The number of halogens is 2. The van der Waals surface area contributed by atoms with Crippen molar-refractivity contribution in [2.45, 2.75) is 13.0 Å².